The lowest BCUT2D eigenvalue weighted by molar-refractivity contribution is -0.148. The van der Waals surface area contributed by atoms with Crippen LogP contribution in [0.15, 0.2) is 18.2 Å². The molecule has 0 aliphatic heterocycles. The van der Waals surface area contributed by atoms with Gasteiger partial charge in [0.15, 0.2) is 0 Å². The molecular weight excluding hydrogens is 258 g/mol. The highest BCUT2D eigenvalue weighted by molar-refractivity contribution is 5.83. The van der Waals surface area contributed by atoms with Gasteiger partial charge in [-0.15, -0.1) is 0 Å². The molecule has 1 unspecified atom stereocenters. The third kappa shape index (κ3) is 3.22. The molecule has 0 aliphatic carbocycles. The van der Waals surface area contributed by atoms with E-state index in [-0.39, 0.29) is 12.0 Å². The van der Waals surface area contributed by atoms with Crippen LogP contribution >= 0.6 is 0 Å². The molecule has 0 saturated carbocycles. The second-order valence-corrected chi connectivity index (χ2v) is 4.98. The predicted octanol–water partition coefficient (Wildman–Crippen LogP) is 2.09. The number of hydrogen-bond acceptors (Lipinski definition) is 5. The first-order valence-electron chi connectivity index (χ1n) is 6.47. The topological polar surface area (TPSA) is 56.8 Å². The lowest BCUT2D eigenvalue weighted by Gasteiger charge is -2.31. The van der Waals surface area contributed by atoms with Crippen molar-refractivity contribution in [3.05, 3.63) is 23.8 Å². The third-order valence-electron chi connectivity index (χ3n) is 3.12. The molecular formula is C15H23NO4. The van der Waals surface area contributed by atoms with Crippen LogP contribution in [0.4, 0.5) is 0 Å². The molecule has 1 aromatic rings. The zero-order valence-electron chi connectivity index (χ0n) is 12.9. The highest BCUT2D eigenvalue weighted by atomic mass is 16.5. The molecule has 112 valence electrons. The number of esters is 1. The number of ether oxygens (including phenoxy) is 3. The minimum Gasteiger partial charge on any atom is -0.497 e. The molecule has 5 nitrogen and oxygen atoms in total. The standard InChI is InChI=1S/C15H23NO4/c1-10(2)16-15(3,14(17)20-6)12-8-7-11(18-4)9-13(12)19-5/h7-10,16H,1-6H3. The zero-order chi connectivity index (χ0) is 15.3. The number of carbonyl (C=O) groups excluding carboxylic acids is 1. The van der Waals surface area contributed by atoms with Crippen molar-refractivity contribution in [1.82, 2.24) is 5.32 Å². The van der Waals surface area contributed by atoms with Crippen LogP contribution in [0.2, 0.25) is 0 Å². The van der Waals surface area contributed by atoms with Crippen LogP contribution in [0.25, 0.3) is 0 Å². The Bertz CT molecular complexity index is 473. The van der Waals surface area contributed by atoms with Crippen molar-refractivity contribution in [2.24, 2.45) is 0 Å². The quantitative estimate of drug-likeness (QED) is 0.809. The smallest absolute Gasteiger partial charge is 0.330 e. The molecule has 1 aromatic carbocycles. The Morgan fingerprint density at radius 1 is 1.20 bits per heavy atom. The Labute approximate surface area is 120 Å². The summed E-state index contributed by atoms with van der Waals surface area (Å²) in [5.41, 5.74) is -0.276. The molecule has 1 rings (SSSR count). The summed E-state index contributed by atoms with van der Waals surface area (Å²) in [5, 5.41) is 3.24. The summed E-state index contributed by atoms with van der Waals surface area (Å²) in [4.78, 5) is 12.2. The maximum Gasteiger partial charge on any atom is 0.330 e. The fourth-order valence-electron chi connectivity index (χ4n) is 2.24. The van der Waals surface area contributed by atoms with Crippen molar-refractivity contribution in [2.75, 3.05) is 21.3 Å². The molecule has 0 radical (unpaired) electrons. The lowest BCUT2D eigenvalue weighted by Crippen LogP contribution is -2.50. The molecule has 0 amide bonds. The molecule has 0 spiro atoms. The Kier molecular flexibility index (Phi) is 5.39. The predicted molar refractivity (Wildman–Crippen MR) is 77.2 cm³/mol. The number of methoxy groups -OCH3 is 3. The molecule has 5 heteroatoms. The molecule has 0 bridgehead atoms. The van der Waals surface area contributed by atoms with E-state index in [9.17, 15) is 4.79 Å². The highest BCUT2D eigenvalue weighted by Crippen LogP contribution is 2.34. The van der Waals surface area contributed by atoms with E-state index in [1.807, 2.05) is 19.9 Å². The number of nitrogens with one attached hydrogen (secondary N) is 1. The molecule has 20 heavy (non-hydrogen) atoms. The molecule has 1 N–H and O–H groups in total. The Morgan fingerprint density at radius 3 is 2.30 bits per heavy atom. The van der Waals surface area contributed by atoms with Crippen molar-refractivity contribution in [3.8, 4) is 11.5 Å². The van der Waals surface area contributed by atoms with Gasteiger partial charge in [0, 0.05) is 17.7 Å². The summed E-state index contributed by atoms with van der Waals surface area (Å²) in [6.07, 6.45) is 0. The minimum atomic E-state index is -0.986. The molecule has 0 heterocycles. The Morgan fingerprint density at radius 2 is 1.85 bits per heavy atom. The van der Waals surface area contributed by atoms with Crippen molar-refractivity contribution in [3.63, 3.8) is 0 Å². The largest absolute Gasteiger partial charge is 0.497 e. The van der Waals surface area contributed by atoms with Crippen LogP contribution in [0.5, 0.6) is 11.5 Å². The van der Waals surface area contributed by atoms with E-state index in [1.165, 1.54) is 7.11 Å². The third-order valence-corrected chi connectivity index (χ3v) is 3.12. The normalized spacial score (nSPS) is 13.8. The van der Waals surface area contributed by atoms with Gasteiger partial charge in [0.05, 0.1) is 21.3 Å². The number of hydrogen-bond donors (Lipinski definition) is 1. The van der Waals surface area contributed by atoms with E-state index in [2.05, 4.69) is 5.32 Å². The van der Waals surface area contributed by atoms with Gasteiger partial charge in [0.1, 0.15) is 17.0 Å². The SMILES string of the molecule is COC(=O)C(C)(NC(C)C)c1ccc(OC)cc1OC. The maximum atomic E-state index is 12.2. The van der Waals surface area contributed by atoms with Crippen LogP contribution in [-0.4, -0.2) is 33.3 Å². The summed E-state index contributed by atoms with van der Waals surface area (Å²) in [6, 6.07) is 5.45. The van der Waals surface area contributed by atoms with Crippen LogP contribution in [0, 0.1) is 0 Å². The molecule has 0 saturated heterocycles. The van der Waals surface area contributed by atoms with Gasteiger partial charge < -0.3 is 14.2 Å². The van der Waals surface area contributed by atoms with Gasteiger partial charge in [0.2, 0.25) is 0 Å². The van der Waals surface area contributed by atoms with Gasteiger partial charge in [-0.2, -0.15) is 0 Å². The lowest BCUT2D eigenvalue weighted by atomic mass is 9.90. The maximum absolute atomic E-state index is 12.2. The van der Waals surface area contributed by atoms with Gasteiger partial charge in [-0.25, -0.2) is 4.79 Å². The number of carbonyl (C=O) groups is 1. The Balaban J connectivity index is 3.37. The van der Waals surface area contributed by atoms with Gasteiger partial charge in [-0.3, -0.25) is 5.32 Å². The fraction of sp³-hybridized carbons (Fsp3) is 0.533. The molecule has 0 aromatic heterocycles. The van der Waals surface area contributed by atoms with Crippen LogP contribution in [0.3, 0.4) is 0 Å². The second-order valence-electron chi connectivity index (χ2n) is 4.98. The summed E-state index contributed by atoms with van der Waals surface area (Å²) in [6.45, 7) is 5.72. The van der Waals surface area contributed by atoms with E-state index in [1.54, 1.807) is 33.3 Å². The van der Waals surface area contributed by atoms with Gasteiger partial charge in [-0.05, 0) is 32.9 Å². The summed E-state index contributed by atoms with van der Waals surface area (Å²) >= 11 is 0. The van der Waals surface area contributed by atoms with E-state index in [0.29, 0.717) is 17.1 Å². The second kappa shape index (κ2) is 6.61. The van der Waals surface area contributed by atoms with Crippen LogP contribution in [-0.2, 0) is 15.1 Å². The zero-order valence-corrected chi connectivity index (χ0v) is 12.9. The van der Waals surface area contributed by atoms with Gasteiger partial charge in [-0.1, -0.05) is 0 Å². The van der Waals surface area contributed by atoms with Crippen molar-refractivity contribution in [1.29, 1.82) is 0 Å². The summed E-state index contributed by atoms with van der Waals surface area (Å²) in [7, 11) is 4.52. The number of benzene rings is 1. The first-order valence-corrected chi connectivity index (χ1v) is 6.47. The highest BCUT2D eigenvalue weighted by Gasteiger charge is 2.39. The van der Waals surface area contributed by atoms with Crippen LogP contribution in [0.1, 0.15) is 26.3 Å². The van der Waals surface area contributed by atoms with Crippen molar-refractivity contribution in [2.45, 2.75) is 32.4 Å². The average Bonchev–Trinajstić information content (AvgIpc) is 2.44. The monoisotopic (exact) mass is 281 g/mol. The first-order chi connectivity index (χ1) is 9.38. The molecule has 1 atom stereocenters. The van der Waals surface area contributed by atoms with E-state index in [4.69, 9.17) is 14.2 Å². The number of rotatable bonds is 6. The van der Waals surface area contributed by atoms with E-state index < -0.39 is 5.54 Å². The van der Waals surface area contributed by atoms with Gasteiger partial charge in [0.25, 0.3) is 0 Å². The molecule has 0 fully saturated rings. The van der Waals surface area contributed by atoms with Crippen molar-refractivity contribution < 1.29 is 19.0 Å². The summed E-state index contributed by atoms with van der Waals surface area (Å²) < 4.78 is 15.5. The van der Waals surface area contributed by atoms with E-state index >= 15 is 0 Å². The van der Waals surface area contributed by atoms with E-state index in [0.717, 1.165) is 0 Å². The Hall–Kier alpha value is -1.75. The molecule has 0 aliphatic rings. The minimum absolute atomic E-state index is 0.103. The van der Waals surface area contributed by atoms with Crippen LogP contribution < -0.4 is 14.8 Å². The van der Waals surface area contributed by atoms with Crippen molar-refractivity contribution >= 4 is 5.97 Å². The van der Waals surface area contributed by atoms with Gasteiger partial charge >= 0.3 is 5.97 Å². The summed E-state index contributed by atoms with van der Waals surface area (Å²) in [5.74, 6) is 0.877. The fourth-order valence-corrected chi connectivity index (χ4v) is 2.24. The first kappa shape index (κ1) is 16.3. The average molecular weight is 281 g/mol.